The first kappa shape index (κ1) is 10.9. The van der Waals surface area contributed by atoms with Gasteiger partial charge in [-0.15, -0.1) is 0 Å². The van der Waals surface area contributed by atoms with Crippen LogP contribution in [0, 0.1) is 22.7 Å². The molecule has 3 heteroatoms. The normalized spacial score (nSPS) is 12.1. The van der Waals surface area contributed by atoms with Crippen LogP contribution in [0.4, 0.5) is 0 Å². The molecular weight excluding hydrogens is 150 g/mol. The average molecular weight is 165 g/mol. The highest BCUT2D eigenvalue weighted by molar-refractivity contribution is 4.86. The molecule has 0 rings (SSSR count). The second-order valence-corrected chi connectivity index (χ2v) is 2.90. The van der Waals surface area contributed by atoms with Gasteiger partial charge in [-0.2, -0.15) is 10.5 Å². The lowest BCUT2D eigenvalue weighted by Crippen LogP contribution is -2.28. The van der Waals surface area contributed by atoms with Crippen LogP contribution in [0.25, 0.3) is 0 Å². The van der Waals surface area contributed by atoms with Crippen molar-refractivity contribution in [2.45, 2.75) is 32.2 Å². The van der Waals surface area contributed by atoms with E-state index in [9.17, 15) is 0 Å². The Morgan fingerprint density at radius 1 is 1.33 bits per heavy atom. The minimum Gasteiger partial charge on any atom is -0.291 e. The molecule has 0 aromatic carbocycles. The zero-order chi connectivity index (χ0) is 9.40. The van der Waals surface area contributed by atoms with E-state index in [0.717, 1.165) is 19.4 Å². The first-order chi connectivity index (χ1) is 5.72. The van der Waals surface area contributed by atoms with Crippen molar-refractivity contribution < 1.29 is 0 Å². The van der Waals surface area contributed by atoms with Gasteiger partial charge < -0.3 is 0 Å². The Bertz CT molecular complexity index is 187. The van der Waals surface area contributed by atoms with Crippen LogP contribution in [-0.4, -0.2) is 24.5 Å². The Morgan fingerprint density at radius 2 is 2.00 bits per heavy atom. The Balaban J connectivity index is 3.40. The lowest BCUT2D eigenvalue weighted by molar-refractivity contribution is 0.296. The Kier molecular flexibility index (Phi) is 6.05. The summed E-state index contributed by atoms with van der Waals surface area (Å²) in [5.41, 5.74) is 0. The van der Waals surface area contributed by atoms with Crippen LogP contribution in [0.3, 0.4) is 0 Å². The fourth-order valence-electron chi connectivity index (χ4n) is 0.857. The summed E-state index contributed by atoms with van der Waals surface area (Å²) in [4.78, 5) is 2.00. The van der Waals surface area contributed by atoms with Crippen molar-refractivity contribution >= 4 is 0 Å². The molecule has 0 fully saturated rings. The Labute approximate surface area is 74.2 Å². The zero-order valence-electron chi connectivity index (χ0n) is 7.75. The summed E-state index contributed by atoms with van der Waals surface area (Å²) in [6.07, 6.45) is 2.55. The maximum atomic E-state index is 8.56. The van der Waals surface area contributed by atoms with Crippen LogP contribution in [0.15, 0.2) is 0 Å². The predicted octanol–water partition coefficient (Wildman–Crippen LogP) is 1.52. The van der Waals surface area contributed by atoms with Gasteiger partial charge in [-0.3, -0.25) is 4.90 Å². The van der Waals surface area contributed by atoms with Crippen LogP contribution in [-0.2, 0) is 0 Å². The molecule has 0 aliphatic heterocycles. The lowest BCUT2D eigenvalue weighted by Gasteiger charge is -2.17. The topological polar surface area (TPSA) is 50.8 Å². The van der Waals surface area contributed by atoms with Crippen LogP contribution in [0.2, 0.25) is 0 Å². The minimum atomic E-state index is -0.0212. The van der Waals surface area contributed by atoms with Crippen molar-refractivity contribution in [2.75, 3.05) is 13.6 Å². The second kappa shape index (κ2) is 6.64. The average Bonchev–Trinajstić information content (AvgIpc) is 2.10. The molecule has 0 saturated heterocycles. The highest BCUT2D eigenvalue weighted by Crippen LogP contribution is 1.99. The molecule has 0 bridgehead atoms. The molecular formula is C9H15N3. The van der Waals surface area contributed by atoms with E-state index >= 15 is 0 Å². The third-order valence-electron chi connectivity index (χ3n) is 1.90. The fraction of sp³-hybridized carbons (Fsp3) is 0.778. The van der Waals surface area contributed by atoms with Crippen molar-refractivity contribution in [2.24, 2.45) is 0 Å². The molecule has 0 aliphatic rings. The van der Waals surface area contributed by atoms with Crippen molar-refractivity contribution in [1.29, 1.82) is 10.5 Å². The van der Waals surface area contributed by atoms with E-state index in [1.54, 1.807) is 0 Å². The summed E-state index contributed by atoms with van der Waals surface area (Å²) in [7, 11) is 1.93. The molecule has 0 amide bonds. The van der Waals surface area contributed by atoms with E-state index < -0.39 is 0 Å². The predicted molar refractivity (Wildman–Crippen MR) is 47.2 cm³/mol. The number of unbranched alkanes of at least 4 members (excludes halogenated alkanes) is 2. The van der Waals surface area contributed by atoms with Crippen LogP contribution < -0.4 is 0 Å². The standard InChI is InChI=1S/C9H15N3/c1-9(8-11)12(2)7-5-3-4-6-10/h9H,3-5,7H2,1-2H3. The van der Waals surface area contributed by atoms with Gasteiger partial charge in [-0.1, -0.05) is 0 Å². The summed E-state index contributed by atoms with van der Waals surface area (Å²) in [6.45, 7) is 2.78. The number of rotatable bonds is 5. The molecule has 0 saturated carbocycles. The maximum Gasteiger partial charge on any atom is 0.0946 e. The molecule has 0 N–H and O–H groups in total. The first-order valence-corrected chi connectivity index (χ1v) is 4.19. The van der Waals surface area contributed by atoms with Crippen molar-refractivity contribution in [3.8, 4) is 12.1 Å². The van der Waals surface area contributed by atoms with Crippen molar-refractivity contribution in [1.82, 2.24) is 4.90 Å². The molecule has 66 valence electrons. The summed E-state index contributed by atoms with van der Waals surface area (Å²) in [5.74, 6) is 0. The van der Waals surface area contributed by atoms with Gasteiger partial charge in [0.05, 0.1) is 18.2 Å². The minimum absolute atomic E-state index is 0.0212. The SMILES string of the molecule is CC(C#N)N(C)CCCCC#N. The third-order valence-corrected chi connectivity index (χ3v) is 1.90. The summed E-state index contributed by atoms with van der Waals surface area (Å²) in [6, 6.07) is 4.25. The van der Waals surface area contributed by atoms with Crippen LogP contribution >= 0.6 is 0 Å². The number of nitrogens with zero attached hydrogens (tertiary/aromatic N) is 3. The highest BCUT2D eigenvalue weighted by atomic mass is 15.1. The Hall–Kier alpha value is -1.06. The smallest absolute Gasteiger partial charge is 0.0946 e. The second-order valence-electron chi connectivity index (χ2n) is 2.90. The largest absolute Gasteiger partial charge is 0.291 e. The highest BCUT2D eigenvalue weighted by Gasteiger charge is 2.05. The number of hydrogen-bond donors (Lipinski definition) is 0. The quantitative estimate of drug-likeness (QED) is 0.580. The maximum absolute atomic E-state index is 8.56. The molecule has 0 aromatic rings. The van der Waals surface area contributed by atoms with E-state index in [1.807, 2.05) is 18.9 Å². The molecule has 1 unspecified atom stereocenters. The molecule has 0 aromatic heterocycles. The molecule has 12 heavy (non-hydrogen) atoms. The summed E-state index contributed by atoms with van der Waals surface area (Å²) >= 11 is 0. The first-order valence-electron chi connectivity index (χ1n) is 4.19. The molecule has 0 aliphatic carbocycles. The van der Waals surface area contributed by atoms with E-state index in [2.05, 4.69) is 12.1 Å². The van der Waals surface area contributed by atoms with Crippen molar-refractivity contribution in [3.63, 3.8) is 0 Å². The summed E-state index contributed by atoms with van der Waals surface area (Å²) < 4.78 is 0. The van der Waals surface area contributed by atoms with Gasteiger partial charge in [-0.05, 0) is 33.4 Å². The fourth-order valence-corrected chi connectivity index (χ4v) is 0.857. The number of nitriles is 2. The van der Waals surface area contributed by atoms with E-state index in [1.165, 1.54) is 0 Å². The van der Waals surface area contributed by atoms with Crippen LogP contribution in [0.5, 0.6) is 0 Å². The van der Waals surface area contributed by atoms with Gasteiger partial charge in [0, 0.05) is 6.42 Å². The Morgan fingerprint density at radius 3 is 2.50 bits per heavy atom. The molecule has 0 radical (unpaired) electrons. The van der Waals surface area contributed by atoms with Crippen molar-refractivity contribution in [3.05, 3.63) is 0 Å². The lowest BCUT2D eigenvalue weighted by atomic mass is 10.2. The van der Waals surface area contributed by atoms with Gasteiger partial charge >= 0.3 is 0 Å². The third kappa shape index (κ3) is 4.71. The van der Waals surface area contributed by atoms with Gasteiger partial charge in [0.2, 0.25) is 0 Å². The number of hydrogen-bond acceptors (Lipinski definition) is 3. The van der Waals surface area contributed by atoms with Gasteiger partial charge in [-0.25, -0.2) is 0 Å². The van der Waals surface area contributed by atoms with Gasteiger partial charge in [0.1, 0.15) is 0 Å². The van der Waals surface area contributed by atoms with E-state index in [-0.39, 0.29) is 6.04 Å². The molecule has 0 heterocycles. The van der Waals surface area contributed by atoms with E-state index in [4.69, 9.17) is 10.5 Å². The summed E-state index contributed by atoms with van der Waals surface area (Å²) in [5, 5.41) is 16.8. The monoisotopic (exact) mass is 165 g/mol. The zero-order valence-corrected chi connectivity index (χ0v) is 7.75. The van der Waals surface area contributed by atoms with Crippen LogP contribution in [0.1, 0.15) is 26.2 Å². The molecule has 1 atom stereocenters. The van der Waals surface area contributed by atoms with Gasteiger partial charge in [0.15, 0.2) is 0 Å². The molecule has 0 spiro atoms. The van der Waals surface area contributed by atoms with E-state index in [0.29, 0.717) is 6.42 Å². The van der Waals surface area contributed by atoms with Gasteiger partial charge in [0.25, 0.3) is 0 Å². The molecule has 3 nitrogen and oxygen atoms in total.